The fourth-order valence-corrected chi connectivity index (χ4v) is 3.59. The molecule has 0 radical (unpaired) electrons. The molecule has 120 valence electrons. The van der Waals surface area contributed by atoms with Crippen LogP contribution in [0.2, 0.25) is 0 Å². The molecule has 1 aliphatic carbocycles. The number of hydrogen-bond acceptors (Lipinski definition) is 4. The Labute approximate surface area is 127 Å². The van der Waals surface area contributed by atoms with Gasteiger partial charge in [-0.25, -0.2) is 4.79 Å². The SMILES string of the molecule is CC(N)C(=O)N1C(C(=O)OC(C)(C)C)CC2CCCCC21. The lowest BCUT2D eigenvalue weighted by Crippen LogP contribution is -2.52. The maximum absolute atomic E-state index is 12.5. The first-order valence-electron chi connectivity index (χ1n) is 8.01. The maximum Gasteiger partial charge on any atom is 0.329 e. The Bertz CT molecular complexity index is 414. The first kappa shape index (κ1) is 16.3. The molecule has 5 heteroatoms. The van der Waals surface area contributed by atoms with Gasteiger partial charge < -0.3 is 15.4 Å². The van der Waals surface area contributed by atoms with E-state index in [0.717, 1.165) is 25.7 Å². The Kier molecular flexibility index (Phi) is 4.61. The van der Waals surface area contributed by atoms with Crippen molar-refractivity contribution in [3.63, 3.8) is 0 Å². The van der Waals surface area contributed by atoms with E-state index in [9.17, 15) is 9.59 Å². The summed E-state index contributed by atoms with van der Waals surface area (Å²) in [7, 11) is 0. The molecule has 2 aliphatic rings. The monoisotopic (exact) mass is 296 g/mol. The summed E-state index contributed by atoms with van der Waals surface area (Å²) in [6, 6.07) is -0.874. The lowest BCUT2D eigenvalue weighted by Gasteiger charge is -2.35. The van der Waals surface area contributed by atoms with E-state index in [2.05, 4.69) is 0 Å². The minimum absolute atomic E-state index is 0.125. The molecule has 2 rings (SSSR count). The number of nitrogens with two attached hydrogens (primary N) is 1. The van der Waals surface area contributed by atoms with Gasteiger partial charge in [0.25, 0.3) is 0 Å². The standard InChI is InChI=1S/C16H28N2O3/c1-10(17)14(19)18-12-8-6-5-7-11(12)9-13(18)15(20)21-16(2,3)4/h10-13H,5-9,17H2,1-4H3. The zero-order valence-corrected chi connectivity index (χ0v) is 13.6. The van der Waals surface area contributed by atoms with E-state index in [4.69, 9.17) is 10.5 Å². The van der Waals surface area contributed by atoms with Crippen molar-refractivity contribution in [3.05, 3.63) is 0 Å². The Balaban J connectivity index is 2.21. The third kappa shape index (κ3) is 3.57. The lowest BCUT2D eigenvalue weighted by atomic mass is 9.84. The number of nitrogens with zero attached hydrogens (tertiary/aromatic N) is 1. The fourth-order valence-electron chi connectivity index (χ4n) is 3.59. The van der Waals surface area contributed by atoms with Crippen molar-refractivity contribution in [2.45, 2.75) is 83.5 Å². The summed E-state index contributed by atoms with van der Waals surface area (Å²) in [6.07, 6.45) is 5.08. The number of likely N-dealkylation sites (tertiary alicyclic amines) is 1. The molecule has 1 aliphatic heterocycles. The number of esters is 1. The van der Waals surface area contributed by atoms with Crippen LogP contribution in [0.25, 0.3) is 0 Å². The van der Waals surface area contributed by atoms with E-state index in [0.29, 0.717) is 5.92 Å². The second kappa shape index (κ2) is 5.95. The predicted molar refractivity (Wildman–Crippen MR) is 80.5 cm³/mol. The van der Waals surface area contributed by atoms with Gasteiger partial charge in [0.05, 0.1) is 6.04 Å². The van der Waals surface area contributed by atoms with Crippen molar-refractivity contribution >= 4 is 11.9 Å². The molecular weight excluding hydrogens is 268 g/mol. The van der Waals surface area contributed by atoms with Crippen LogP contribution in [-0.2, 0) is 14.3 Å². The summed E-state index contributed by atoms with van der Waals surface area (Å²) in [6.45, 7) is 7.24. The molecule has 0 spiro atoms. The van der Waals surface area contributed by atoms with Crippen molar-refractivity contribution in [1.82, 2.24) is 4.90 Å². The number of carbonyl (C=O) groups excluding carboxylic acids is 2. The fraction of sp³-hybridized carbons (Fsp3) is 0.875. The molecule has 2 fully saturated rings. The van der Waals surface area contributed by atoms with Crippen LogP contribution in [0.15, 0.2) is 0 Å². The van der Waals surface area contributed by atoms with Gasteiger partial charge in [0.2, 0.25) is 5.91 Å². The van der Waals surface area contributed by atoms with Crippen LogP contribution in [0.1, 0.15) is 59.8 Å². The number of amides is 1. The molecule has 1 amide bonds. The predicted octanol–water partition coefficient (Wildman–Crippen LogP) is 1.83. The summed E-state index contributed by atoms with van der Waals surface area (Å²) in [5, 5.41) is 0. The van der Waals surface area contributed by atoms with Crippen molar-refractivity contribution in [2.24, 2.45) is 11.7 Å². The zero-order valence-electron chi connectivity index (χ0n) is 13.6. The van der Waals surface area contributed by atoms with Crippen LogP contribution in [0.5, 0.6) is 0 Å². The van der Waals surface area contributed by atoms with Gasteiger partial charge in [-0.15, -0.1) is 0 Å². The van der Waals surface area contributed by atoms with Gasteiger partial charge in [0, 0.05) is 6.04 Å². The quantitative estimate of drug-likeness (QED) is 0.789. The smallest absolute Gasteiger partial charge is 0.329 e. The van der Waals surface area contributed by atoms with Gasteiger partial charge in [0.15, 0.2) is 0 Å². The average molecular weight is 296 g/mol. The van der Waals surface area contributed by atoms with E-state index < -0.39 is 17.7 Å². The highest BCUT2D eigenvalue weighted by Gasteiger charge is 2.49. The van der Waals surface area contributed by atoms with Crippen LogP contribution >= 0.6 is 0 Å². The van der Waals surface area contributed by atoms with Crippen LogP contribution in [0, 0.1) is 5.92 Å². The highest BCUT2D eigenvalue weighted by molar-refractivity contribution is 5.88. The van der Waals surface area contributed by atoms with Crippen molar-refractivity contribution in [3.8, 4) is 0 Å². The van der Waals surface area contributed by atoms with Gasteiger partial charge in [-0.2, -0.15) is 0 Å². The normalized spacial score (nSPS) is 30.7. The minimum atomic E-state index is -0.574. The second-order valence-electron chi connectivity index (χ2n) is 7.43. The third-order valence-corrected chi connectivity index (χ3v) is 4.41. The van der Waals surface area contributed by atoms with Crippen molar-refractivity contribution in [1.29, 1.82) is 0 Å². The molecule has 1 saturated carbocycles. The summed E-state index contributed by atoms with van der Waals surface area (Å²) in [5.41, 5.74) is 5.25. The largest absolute Gasteiger partial charge is 0.458 e. The molecule has 0 aromatic heterocycles. The molecule has 1 heterocycles. The number of hydrogen-bond donors (Lipinski definition) is 1. The van der Waals surface area contributed by atoms with E-state index >= 15 is 0 Å². The maximum atomic E-state index is 12.5. The highest BCUT2D eigenvalue weighted by Crippen LogP contribution is 2.40. The highest BCUT2D eigenvalue weighted by atomic mass is 16.6. The second-order valence-corrected chi connectivity index (χ2v) is 7.43. The summed E-state index contributed by atoms with van der Waals surface area (Å²) < 4.78 is 5.51. The van der Waals surface area contributed by atoms with Crippen LogP contribution < -0.4 is 5.73 Å². The molecule has 4 atom stereocenters. The van der Waals surface area contributed by atoms with E-state index in [1.807, 2.05) is 20.8 Å². The van der Waals surface area contributed by atoms with Crippen molar-refractivity contribution < 1.29 is 14.3 Å². The zero-order chi connectivity index (χ0) is 15.8. The van der Waals surface area contributed by atoms with Gasteiger partial charge in [0.1, 0.15) is 11.6 Å². The summed E-state index contributed by atoms with van der Waals surface area (Å²) >= 11 is 0. The number of ether oxygens (including phenoxy) is 1. The molecule has 0 aromatic carbocycles. The molecule has 21 heavy (non-hydrogen) atoms. The number of carbonyl (C=O) groups is 2. The molecule has 0 bridgehead atoms. The molecule has 0 aromatic rings. The number of fused-ring (bicyclic) bond motifs is 1. The first-order chi connectivity index (χ1) is 9.70. The summed E-state index contributed by atoms with van der Waals surface area (Å²) in [5.74, 6) is 0.00475. The van der Waals surface area contributed by atoms with Gasteiger partial charge in [-0.1, -0.05) is 12.8 Å². The van der Waals surface area contributed by atoms with Gasteiger partial charge in [-0.05, 0) is 52.9 Å². The van der Waals surface area contributed by atoms with E-state index in [1.165, 1.54) is 6.42 Å². The first-order valence-corrected chi connectivity index (χ1v) is 8.01. The average Bonchev–Trinajstić information content (AvgIpc) is 2.75. The third-order valence-electron chi connectivity index (χ3n) is 4.41. The Morgan fingerprint density at radius 3 is 2.43 bits per heavy atom. The van der Waals surface area contributed by atoms with Crippen LogP contribution in [0.3, 0.4) is 0 Å². The van der Waals surface area contributed by atoms with Crippen LogP contribution in [-0.4, -0.2) is 40.5 Å². The Morgan fingerprint density at radius 2 is 1.86 bits per heavy atom. The lowest BCUT2D eigenvalue weighted by molar-refractivity contribution is -0.164. The van der Waals surface area contributed by atoms with E-state index in [-0.39, 0.29) is 17.9 Å². The van der Waals surface area contributed by atoms with Gasteiger partial charge >= 0.3 is 5.97 Å². The minimum Gasteiger partial charge on any atom is -0.458 e. The Morgan fingerprint density at radius 1 is 1.24 bits per heavy atom. The summed E-state index contributed by atoms with van der Waals surface area (Å²) in [4.78, 5) is 26.7. The molecule has 5 nitrogen and oxygen atoms in total. The molecule has 1 saturated heterocycles. The topological polar surface area (TPSA) is 72.6 Å². The van der Waals surface area contributed by atoms with Gasteiger partial charge in [-0.3, -0.25) is 4.79 Å². The van der Waals surface area contributed by atoms with Crippen LogP contribution in [0.4, 0.5) is 0 Å². The molecular formula is C16H28N2O3. The Hall–Kier alpha value is -1.10. The van der Waals surface area contributed by atoms with Crippen molar-refractivity contribution in [2.75, 3.05) is 0 Å². The molecule has 4 unspecified atom stereocenters. The number of rotatable bonds is 2. The molecule has 2 N–H and O–H groups in total. The van der Waals surface area contributed by atoms with E-state index in [1.54, 1.807) is 11.8 Å².